The van der Waals surface area contributed by atoms with Crippen molar-refractivity contribution in [3.8, 4) is 5.75 Å². The van der Waals surface area contributed by atoms with Gasteiger partial charge in [0.05, 0.1) is 24.0 Å². The summed E-state index contributed by atoms with van der Waals surface area (Å²) in [5, 5.41) is 18.0. The van der Waals surface area contributed by atoms with Crippen molar-refractivity contribution in [3.05, 3.63) is 53.5 Å². The number of aryl methyl sites for hydroxylation is 1. The molecular weight excluding hydrogens is 312 g/mol. The largest absolute Gasteiger partial charge is 0.494 e. The van der Waals surface area contributed by atoms with Crippen molar-refractivity contribution in [3.63, 3.8) is 0 Å². The SMILES string of the molecule is O=C(O)c1cc(OCCCCCCc2ccco2)cc(C(=O)O)c1. The molecule has 0 unspecified atom stereocenters. The van der Waals surface area contributed by atoms with Gasteiger partial charge in [-0.15, -0.1) is 0 Å². The van der Waals surface area contributed by atoms with E-state index in [0.29, 0.717) is 6.61 Å². The molecule has 2 N–H and O–H groups in total. The number of benzene rings is 1. The summed E-state index contributed by atoms with van der Waals surface area (Å²) < 4.78 is 10.8. The highest BCUT2D eigenvalue weighted by atomic mass is 16.5. The number of unbranched alkanes of at least 4 members (excludes halogenated alkanes) is 3. The van der Waals surface area contributed by atoms with Crippen molar-refractivity contribution in [1.82, 2.24) is 0 Å². The lowest BCUT2D eigenvalue weighted by Crippen LogP contribution is -2.05. The Kier molecular flexibility index (Phi) is 6.42. The minimum absolute atomic E-state index is 0.0941. The van der Waals surface area contributed by atoms with Gasteiger partial charge < -0.3 is 19.4 Å². The molecule has 0 bridgehead atoms. The van der Waals surface area contributed by atoms with Gasteiger partial charge >= 0.3 is 11.9 Å². The second-order valence-electron chi connectivity index (χ2n) is 5.45. The van der Waals surface area contributed by atoms with Gasteiger partial charge in [0.1, 0.15) is 11.5 Å². The third-order valence-electron chi connectivity index (χ3n) is 3.57. The highest BCUT2D eigenvalue weighted by molar-refractivity contribution is 5.94. The van der Waals surface area contributed by atoms with Crippen molar-refractivity contribution in [2.24, 2.45) is 0 Å². The molecule has 6 heteroatoms. The van der Waals surface area contributed by atoms with Crippen molar-refractivity contribution in [2.75, 3.05) is 6.61 Å². The number of hydrogen-bond acceptors (Lipinski definition) is 4. The summed E-state index contributed by atoms with van der Waals surface area (Å²) in [6.07, 6.45) is 6.45. The average Bonchev–Trinajstić information content (AvgIpc) is 3.07. The molecule has 0 aliphatic heterocycles. The van der Waals surface area contributed by atoms with Gasteiger partial charge in [-0.3, -0.25) is 0 Å². The van der Waals surface area contributed by atoms with E-state index in [0.717, 1.165) is 43.9 Å². The maximum Gasteiger partial charge on any atom is 0.335 e. The fourth-order valence-electron chi connectivity index (χ4n) is 2.33. The van der Waals surface area contributed by atoms with Crippen LogP contribution in [0.5, 0.6) is 5.75 Å². The maximum absolute atomic E-state index is 11.0. The Labute approximate surface area is 139 Å². The fourth-order valence-corrected chi connectivity index (χ4v) is 2.33. The normalized spacial score (nSPS) is 10.5. The van der Waals surface area contributed by atoms with Crippen LogP contribution in [0.15, 0.2) is 41.0 Å². The fraction of sp³-hybridized carbons (Fsp3) is 0.333. The number of carbonyl (C=O) groups is 2. The summed E-state index contributed by atoms with van der Waals surface area (Å²) in [5.74, 6) is -1.11. The van der Waals surface area contributed by atoms with E-state index in [1.807, 2.05) is 12.1 Å². The summed E-state index contributed by atoms with van der Waals surface area (Å²) in [4.78, 5) is 22.0. The molecular formula is C18H20O6. The molecule has 0 atom stereocenters. The highest BCUT2D eigenvalue weighted by Crippen LogP contribution is 2.18. The standard InChI is InChI=1S/C18H20O6/c19-17(20)13-10-14(18(21)22)12-16(11-13)24-8-4-2-1-3-6-15-7-5-9-23-15/h5,7,9-12H,1-4,6,8H2,(H,19,20)(H,21,22). The molecule has 0 amide bonds. The van der Waals surface area contributed by atoms with Gasteiger partial charge in [-0.2, -0.15) is 0 Å². The molecule has 1 aromatic heterocycles. The van der Waals surface area contributed by atoms with Gasteiger partial charge in [0, 0.05) is 6.42 Å². The van der Waals surface area contributed by atoms with E-state index in [4.69, 9.17) is 19.4 Å². The van der Waals surface area contributed by atoms with Crippen LogP contribution in [0, 0.1) is 0 Å². The Morgan fingerprint density at radius 3 is 2.21 bits per heavy atom. The van der Waals surface area contributed by atoms with Crippen LogP contribution in [0.4, 0.5) is 0 Å². The Morgan fingerprint density at radius 2 is 1.62 bits per heavy atom. The van der Waals surface area contributed by atoms with Crippen LogP contribution in [0.3, 0.4) is 0 Å². The predicted molar refractivity (Wildman–Crippen MR) is 86.7 cm³/mol. The third-order valence-corrected chi connectivity index (χ3v) is 3.57. The summed E-state index contributed by atoms with van der Waals surface area (Å²) in [6.45, 7) is 0.420. The van der Waals surface area contributed by atoms with Gasteiger partial charge in [-0.05, 0) is 43.2 Å². The van der Waals surface area contributed by atoms with Crippen LogP contribution in [0.25, 0.3) is 0 Å². The second kappa shape index (κ2) is 8.76. The Hall–Kier alpha value is -2.76. The molecule has 6 nitrogen and oxygen atoms in total. The molecule has 0 saturated heterocycles. The topological polar surface area (TPSA) is 97.0 Å². The second-order valence-corrected chi connectivity index (χ2v) is 5.45. The van der Waals surface area contributed by atoms with Crippen LogP contribution in [-0.4, -0.2) is 28.8 Å². The molecule has 0 radical (unpaired) electrons. The number of furan rings is 1. The van der Waals surface area contributed by atoms with E-state index in [9.17, 15) is 9.59 Å². The van der Waals surface area contributed by atoms with Crippen LogP contribution in [0.1, 0.15) is 52.2 Å². The molecule has 2 rings (SSSR count). The minimum Gasteiger partial charge on any atom is -0.494 e. The number of rotatable bonds is 10. The molecule has 0 spiro atoms. The number of hydrogen-bond donors (Lipinski definition) is 2. The Balaban J connectivity index is 1.73. The van der Waals surface area contributed by atoms with Gasteiger partial charge in [-0.25, -0.2) is 9.59 Å². The highest BCUT2D eigenvalue weighted by Gasteiger charge is 2.12. The third kappa shape index (κ3) is 5.46. The smallest absolute Gasteiger partial charge is 0.335 e. The molecule has 0 fully saturated rings. The Morgan fingerprint density at radius 1 is 0.958 bits per heavy atom. The zero-order valence-electron chi connectivity index (χ0n) is 13.2. The molecule has 0 aliphatic rings. The van der Waals surface area contributed by atoms with Gasteiger partial charge in [0.2, 0.25) is 0 Å². The maximum atomic E-state index is 11.0. The molecule has 0 aliphatic carbocycles. The summed E-state index contributed by atoms with van der Waals surface area (Å²) >= 11 is 0. The molecule has 1 heterocycles. The lowest BCUT2D eigenvalue weighted by Gasteiger charge is -2.08. The minimum atomic E-state index is -1.18. The first kappa shape index (κ1) is 17.6. The number of ether oxygens (including phenoxy) is 1. The monoisotopic (exact) mass is 332 g/mol. The van der Waals surface area contributed by atoms with Gasteiger partial charge in [0.25, 0.3) is 0 Å². The van der Waals surface area contributed by atoms with Crippen molar-refractivity contribution < 1.29 is 29.0 Å². The van der Waals surface area contributed by atoms with E-state index in [-0.39, 0.29) is 16.9 Å². The van der Waals surface area contributed by atoms with E-state index in [1.54, 1.807) is 6.26 Å². The first-order valence-corrected chi connectivity index (χ1v) is 7.83. The van der Waals surface area contributed by atoms with Crippen LogP contribution in [0.2, 0.25) is 0 Å². The van der Waals surface area contributed by atoms with Crippen LogP contribution >= 0.6 is 0 Å². The van der Waals surface area contributed by atoms with Crippen molar-refractivity contribution >= 4 is 11.9 Å². The number of carboxylic acid groups (broad SMARTS) is 2. The van der Waals surface area contributed by atoms with E-state index >= 15 is 0 Å². The van der Waals surface area contributed by atoms with Crippen LogP contribution < -0.4 is 4.74 Å². The summed E-state index contributed by atoms with van der Waals surface area (Å²) in [5.41, 5.74) is -0.188. The molecule has 128 valence electrons. The predicted octanol–water partition coefficient (Wildman–Crippen LogP) is 3.86. The molecule has 0 saturated carbocycles. The Bertz CT molecular complexity index is 643. The van der Waals surface area contributed by atoms with Crippen molar-refractivity contribution in [2.45, 2.75) is 32.1 Å². The van der Waals surface area contributed by atoms with E-state index in [2.05, 4.69) is 0 Å². The lowest BCUT2D eigenvalue weighted by atomic mass is 10.1. The lowest BCUT2D eigenvalue weighted by molar-refractivity contribution is 0.0696. The molecule has 1 aromatic carbocycles. The molecule has 24 heavy (non-hydrogen) atoms. The number of carboxylic acids is 2. The number of aromatic carboxylic acids is 2. The molecule has 2 aromatic rings. The first-order valence-electron chi connectivity index (χ1n) is 7.83. The van der Waals surface area contributed by atoms with Crippen molar-refractivity contribution in [1.29, 1.82) is 0 Å². The average molecular weight is 332 g/mol. The zero-order chi connectivity index (χ0) is 17.4. The van der Waals surface area contributed by atoms with Gasteiger partial charge in [-0.1, -0.05) is 12.8 Å². The van der Waals surface area contributed by atoms with Crippen LogP contribution in [-0.2, 0) is 6.42 Å². The quantitative estimate of drug-likeness (QED) is 0.641. The van der Waals surface area contributed by atoms with Gasteiger partial charge in [0.15, 0.2) is 0 Å². The summed E-state index contributed by atoms with van der Waals surface area (Å²) in [6, 6.07) is 7.63. The van der Waals surface area contributed by atoms with E-state index in [1.165, 1.54) is 12.1 Å². The van der Waals surface area contributed by atoms with E-state index < -0.39 is 11.9 Å². The first-order chi connectivity index (χ1) is 11.6. The summed E-state index contributed by atoms with van der Waals surface area (Å²) in [7, 11) is 0. The zero-order valence-corrected chi connectivity index (χ0v) is 13.2.